The minimum absolute atomic E-state index is 0.239. The van der Waals surface area contributed by atoms with Crippen molar-refractivity contribution in [2.24, 2.45) is 0 Å². The highest BCUT2D eigenvalue weighted by atomic mass is 16.6. The fourth-order valence-corrected chi connectivity index (χ4v) is 1.75. The first-order valence-corrected chi connectivity index (χ1v) is 6.08. The summed E-state index contributed by atoms with van der Waals surface area (Å²) in [7, 11) is 0. The highest BCUT2D eigenvalue weighted by molar-refractivity contribution is 5.89. The van der Waals surface area contributed by atoms with Crippen LogP contribution >= 0.6 is 0 Å². The molecular weight excluding hydrogens is 272 g/mol. The number of hydrogen-bond acceptors (Lipinski definition) is 6. The van der Waals surface area contributed by atoms with Gasteiger partial charge in [0.15, 0.2) is 5.75 Å². The van der Waals surface area contributed by atoms with Gasteiger partial charge in [0, 0.05) is 11.6 Å². The molecule has 1 amide bonds. The van der Waals surface area contributed by atoms with Gasteiger partial charge in [-0.05, 0) is 24.3 Å². The minimum atomic E-state index is -0.811. The fourth-order valence-electron chi connectivity index (χ4n) is 1.75. The highest BCUT2D eigenvalue weighted by Crippen LogP contribution is 2.30. The fraction of sp³-hybridized carbons (Fsp3) is 0. The molecule has 3 aromatic rings. The molecule has 0 radical (unpaired) electrons. The summed E-state index contributed by atoms with van der Waals surface area (Å²) < 4.78 is 4.94. The third-order valence-electron chi connectivity index (χ3n) is 2.69. The maximum absolute atomic E-state index is 11.7. The molecule has 0 saturated heterocycles. The van der Waals surface area contributed by atoms with Crippen molar-refractivity contribution in [1.82, 2.24) is 15.2 Å². The zero-order valence-electron chi connectivity index (χ0n) is 10.7. The maximum Gasteiger partial charge on any atom is 0.419 e. The smallest absolute Gasteiger partial charge is 0.419 e. The molecule has 0 spiro atoms. The number of aromatic hydroxyl groups is 1. The topological polar surface area (TPSA) is 97.2 Å². The van der Waals surface area contributed by atoms with Crippen LogP contribution in [0.3, 0.4) is 0 Å². The van der Waals surface area contributed by atoms with E-state index in [1.54, 1.807) is 42.5 Å². The molecule has 2 aromatic heterocycles. The summed E-state index contributed by atoms with van der Waals surface area (Å²) in [4.78, 5) is 15.6. The van der Waals surface area contributed by atoms with Gasteiger partial charge in [-0.25, -0.2) is 9.78 Å². The van der Waals surface area contributed by atoms with E-state index in [0.717, 1.165) is 0 Å². The number of carbonyl (C=O) groups excluding carboxylic acids is 1. The monoisotopic (exact) mass is 282 g/mol. The molecule has 0 aliphatic heterocycles. The average molecular weight is 282 g/mol. The average Bonchev–Trinajstić information content (AvgIpc) is 2.51. The van der Waals surface area contributed by atoms with E-state index in [4.69, 9.17) is 4.74 Å². The normalized spacial score (nSPS) is 10.3. The van der Waals surface area contributed by atoms with Gasteiger partial charge in [-0.3, -0.25) is 5.32 Å². The molecule has 0 unspecified atom stereocenters. The van der Waals surface area contributed by atoms with Crippen molar-refractivity contribution in [3.8, 4) is 11.6 Å². The molecular formula is C14H10N4O3. The lowest BCUT2D eigenvalue weighted by Gasteiger charge is -2.07. The zero-order valence-corrected chi connectivity index (χ0v) is 10.7. The lowest BCUT2D eigenvalue weighted by Crippen LogP contribution is -2.18. The number of carbonyl (C=O) groups is 1. The Hall–Kier alpha value is -3.22. The van der Waals surface area contributed by atoms with Gasteiger partial charge < -0.3 is 9.84 Å². The van der Waals surface area contributed by atoms with Gasteiger partial charge in [0.25, 0.3) is 5.88 Å². The number of benzene rings is 1. The van der Waals surface area contributed by atoms with Gasteiger partial charge >= 0.3 is 6.09 Å². The van der Waals surface area contributed by atoms with Crippen LogP contribution in [0.2, 0.25) is 0 Å². The summed E-state index contributed by atoms with van der Waals surface area (Å²) in [5, 5.41) is 20.5. The summed E-state index contributed by atoms with van der Waals surface area (Å²) in [6, 6.07) is 11.9. The van der Waals surface area contributed by atoms with Crippen molar-refractivity contribution >= 4 is 22.8 Å². The number of amides is 1. The molecule has 0 atom stereocenters. The van der Waals surface area contributed by atoms with Gasteiger partial charge in [0.1, 0.15) is 5.82 Å². The SMILES string of the molecule is O=C(Nc1ccccn1)Oc1nnc2ccccc2c1O. The summed E-state index contributed by atoms with van der Waals surface area (Å²) in [5.41, 5.74) is 0.507. The van der Waals surface area contributed by atoms with Gasteiger partial charge in [0.2, 0.25) is 0 Å². The van der Waals surface area contributed by atoms with E-state index in [9.17, 15) is 9.90 Å². The van der Waals surface area contributed by atoms with E-state index in [2.05, 4.69) is 20.5 Å². The van der Waals surface area contributed by atoms with Crippen molar-refractivity contribution in [3.63, 3.8) is 0 Å². The Balaban J connectivity index is 1.82. The predicted octanol–water partition coefficient (Wildman–Crippen LogP) is 2.34. The van der Waals surface area contributed by atoms with E-state index < -0.39 is 6.09 Å². The van der Waals surface area contributed by atoms with E-state index in [0.29, 0.717) is 16.7 Å². The number of hydrogen-bond donors (Lipinski definition) is 2. The Morgan fingerprint density at radius 3 is 2.71 bits per heavy atom. The standard InChI is InChI=1S/C14H10N4O3/c19-12-9-5-1-2-6-10(9)17-18-13(12)21-14(20)16-11-7-3-4-8-15-11/h1-8H,(H,17,19)(H,15,16,20). The van der Waals surface area contributed by atoms with Crippen LogP contribution in [0, 0.1) is 0 Å². The van der Waals surface area contributed by atoms with E-state index >= 15 is 0 Å². The van der Waals surface area contributed by atoms with Crippen molar-refractivity contribution in [1.29, 1.82) is 0 Å². The highest BCUT2D eigenvalue weighted by Gasteiger charge is 2.14. The van der Waals surface area contributed by atoms with Gasteiger partial charge in [0.05, 0.1) is 5.52 Å². The van der Waals surface area contributed by atoms with Crippen molar-refractivity contribution in [3.05, 3.63) is 48.7 Å². The van der Waals surface area contributed by atoms with Gasteiger partial charge in [-0.15, -0.1) is 10.2 Å². The molecule has 7 heteroatoms. The van der Waals surface area contributed by atoms with Crippen molar-refractivity contribution in [2.75, 3.05) is 5.32 Å². The van der Waals surface area contributed by atoms with Gasteiger partial charge in [-0.2, -0.15) is 0 Å². The van der Waals surface area contributed by atoms with Crippen molar-refractivity contribution < 1.29 is 14.6 Å². The quantitative estimate of drug-likeness (QED) is 0.748. The Bertz CT molecular complexity index is 793. The molecule has 0 aliphatic rings. The van der Waals surface area contributed by atoms with Crippen LogP contribution in [0.1, 0.15) is 0 Å². The molecule has 1 aromatic carbocycles. The number of pyridine rings is 1. The first-order chi connectivity index (χ1) is 10.2. The summed E-state index contributed by atoms with van der Waals surface area (Å²) in [6.45, 7) is 0. The maximum atomic E-state index is 11.7. The molecule has 0 saturated carbocycles. The van der Waals surface area contributed by atoms with E-state index in [-0.39, 0.29) is 11.6 Å². The van der Waals surface area contributed by atoms with Crippen LogP contribution < -0.4 is 10.1 Å². The largest absolute Gasteiger partial charge is 0.503 e. The second kappa shape index (κ2) is 5.41. The molecule has 2 heterocycles. The van der Waals surface area contributed by atoms with Crippen LogP contribution in [-0.2, 0) is 0 Å². The number of aromatic nitrogens is 3. The summed E-state index contributed by atoms with van der Waals surface area (Å²) in [5.74, 6) is -0.172. The molecule has 2 N–H and O–H groups in total. The lowest BCUT2D eigenvalue weighted by molar-refractivity contribution is 0.210. The third-order valence-corrected chi connectivity index (χ3v) is 2.69. The Kier molecular flexibility index (Phi) is 3.30. The first kappa shape index (κ1) is 12.8. The molecule has 21 heavy (non-hydrogen) atoms. The Labute approximate surface area is 119 Å². The number of nitrogens with zero attached hydrogens (tertiary/aromatic N) is 3. The number of anilines is 1. The van der Waals surface area contributed by atoms with Crippen molar-refractivity contribution in [2.45, 2.75) is 0 Å². The number of rotatable bonds is 2. The second-order valence-corrected chi connectivity index (χ2v) is 4.10. The van der Waals surface area contributed by atoms with Crippen LogP contribution in [0.5, 0.6) is 11.6 Å². The summed E-state index contributed by atoms with van der Waals surface area (Å²) >= 11 is 0. The third kappa shape index (κ3) is 2.71. The number of nitrogens with one attached hydrogen (secondary N) is 1. The molecule has 0 bridgehead atoms. The first-order valence-electron chi connectivity index (χ1n) is 6.08. The van der Waals surface area contributed by atoms with Crippen LogP contribution in [0.4, 0.5) is 10.6 Å². The van der Waals surface area contributed by atoms with Crippen LogP contribution in [-0.4, -0.2) is 26.4 Å². The predicted molar refractivity (Wildman–Crippen MR) is 75.1 cm³/mol. The minimum Gasteiger partial charge on any atom is -0.503 e. The van der Waals surface area contributed by atoms with Gasteiger partial charge in [-0.1, -0.05) is 18.2 Å². The Morgan fingerprint density at radius 1 is 1.10 bits per heavy atom. The van der Waals surface area contributed by atoms with Crippen LogP contribution in [0.25, 0.3) is 10.9 Å². The Morgan fingerprint density at radius 2 is 1.90 bits per heavy atom. The van der Waals surface area contributed by atoms with E-state index in [1.165, 1.54) is 6.20 Å². The lowest BCUT2D eigenvalue weighted by atomic mass is 10.2. The molecule has 7 nitrogen and oxygen atoms in total. The number of ether oxygens (including phenoxy) is 1. The summed E-state index contributed by atoms with van der Waals surface area (Å²) in [6.07, 6.45) is 0.719. The van der Waals surface area contributed by atoms with E-state index in [1.807, 2.05) is 0 Å². The molecule has 0 aliphatic carbocycles. The number of fused-ring (bicyclic) bond motifs is 1. The molecule has 3 rings (SSSR count). The second-order valence-electron chi connectivity index (χ2n) is 4.10. The molecule has 0 fully saturated rings. The molecule has 104 valence electrons. The van der Waals surface area contributed by atoms with Crippen LogP contribution in [0.15, 0.2) is 48.7 Å². The zero-order chi connectivity index (χ0) is 14.7.